The summed E-state index contributed by atoms with van der Waals surface area (Å²) in [4.78, 5) is 39.8. The number of carbonyl (C=O) groups excluding carboxylic acids is 2. The van der Waals surface area contributed by atoms with E-state index in [0.29, 0.717) is 31.3 Å². The van der Waals surface area contributed by atoms with Crippen LogP contribution in [0.15, 0.2) is 18.5 Å². The number of anilines is 2. The van der Waals surface area contributed by atoms with Gasteiger partial charge in [-0.3, -0.25) is 4.79 Å². The van der Waals surface area contributed by atoms with E-state index < -0.39 is 17.5 Å². The fourth-order valence-corrected chi connectivity index (χ4v) is 4.15. The fourth-order valence-electron chi connectivity index (χ4n) is 3.64. The maximum Gasteiger partial charge on any atom is 0.407 e. The van der Waals surface area contributed by atoms with Gasteiger partial charge in [0.1, 0.15) is 22.9 Å². The minimum atomic E-state index is -0.530. The van der Waals surface area contributed by atoms with Crippen LogP contribution in [0.2, 0.25) is 10.2 Å². The van der Waals surface area contributed by atoms with E-state index in [1.807, 2.05) is 20.8 Å². The summed E-state index contributed by atoms with van der Waals surface area (Å²) < 4.78 is 5.32. The average Bonchev–Trinajstić information content (AvgIpc) is 2.77. The Balaban J connectivity index is 1.64. The molecular weight excluding hydrogens is 479 g/mol. The molecule has 34 heavy (non-hydrogen) atoms. The summed E-state index contributed by atoms with van der Waals surface area (Å²) in [5, 5.41) is 5.93. The van der Waals surface area contributed by atoms with Crippen LogP contribution in [0.4, 0.5) is 16.4 Å². The number of ether oxygens (including phenoxy) is 1. The van der Waals surface area contributed by atoms with Crippen LogP contribution in [0.5, 0.6) is 0 Å². The topological polar surface area (TPSA) is 109 Å². The molecule has 2 aromatic heterocycles. The number of nitrogens with one attached hydrogen (secondary N) is 2. The molecule has 1 saturated heterocycles. The maximum absolute atomic E-state index is 13.0. The van der Waals surface area contributed by atoms with Crippen molar-refractivity contribution in [2.75, 3.05) is 36.9 Å². The van der Waals surface area contributed by atoms with Gasteiger partial charge in [-0.1, -0.05) is 30.1 Å². The van der Waals surface area contributed by atoms with Gasteiger partial charge in [0.05, 0.1) is 11.2 Å². The molecule has 2 aromatic rings. The Kier molecular flexibility index (Phi) is 7.88. The molecule has 2 N–H and O–H groups in total. The van der Waals surface area contributed by atoms with Crippen molar-refractivity contribution in [2.45, 2.75) is 46.1 Å². The van der Waals surface area contributed by atoms with E-state index in [2.05, 4.69) is 37.4 Å². The van der Waals surface area contributed by atoms with Gasteiger partial charge in [-0.2, -0.15) is 0 Å². The van der Waals surface area contributed by atoms with Gasteiger partial charge < -0.3 is 20.3 Å². The Labute approximate surface area is 209 Å². The minimum Gasteiger partial charge on any atom is -0.444 e. The summed E-state index contributed by atoms with van der Waals surface area (Å²) in [6.07, 6.45) is 4.30. The number of nitrogens with zero attached hydrogens (tertiary/aromatic N) is 4. The van der Waals surface area contributed by atoms with Crippen LogP contribution in [0.3, 0.4) is 0 Å². The van der Waals surface area contributed by atoms with Crippen molar-refractivity contribution in [1.82, 2.24) is 20.3 Å². The third-order valence-corrected chi connectivity index (χ3v) is 6.30. The number of rotatable bonds is 6. The zero-order valence-corrected chi connectivity index (χ0v) is 21.5. The normalized spacial score (nSPS) is 15.6. The molecule has 0 spiro atoms. The van der Waals surface area contributed by atoms with Crippen molar-refractivity contribution in [1.29, 1.82) is 0 Å². The van der Waals surface area contributed by atoms with Crippen LogP contribution in [0.1, 0.15) is 56.6 Å². The standard InChI is InChI=1S/C23H30Cl2N6O3/c1-22(2,3)34-21(33)29-13-23(4)7-10-31(11-8-23)15-12-28-17(19(25)30-15)18(32)14-6-9-27-20(26-5)16(14)24/h6,9,12H,7-8,10-11,13H2,1-5H3,(H,26,27)(H,29,33). The monoisotopic (exact) mass is 508 g/mol. The second-order valence-corrected chi connectivity index (χ2v) is 10.4. The first-order chi connectivity index (χ1) is 15.9. The van der Waals surface area contributed by atoms with Crippen LogP contribution >= 0.6 is 23.2 Å². The van der Waals surface area contributed by atoms with Gasteiger partial charge in [-0.25, -0.2) is 19.7 Å². The number of piperidine rings is 1. The van der Waals surface area contributed by atoms with Gasteiger partial charge in [0, 0.05) is 38.4 Å². The van der Waals surface area contributed by atoms with E-state index in [1.54, 1.807) is 13.2 Å². The Morgan fingerprint density at radius 1 is 1.21 bits per heavy atom. The summed E-state index contributed by atoms with van der Waals surface area (Å²) in [5.74, 6) is 0.568. The van der Waals surface area contributed by atoms with E-state index in [4.69, 9.17) is 27.9 Å². The lowest BCUT2D eigenvalue weighted by atomic mass is 9.80. The quantitative estimate of drug-likeness (QED) is 0.545. The van der Waals surface area contributed by atoms with Crippen LogP contribution in [0.25, 0.3) is 0 Å². The van der Waals surface area contributed by atoms with Crippen molar-refractivity contribution in [3.05, 3.63) is 39.9 Å². The fraction of sp³-hybridized carbons (Fsp3) is 0.522. The Morgan fingerprint density at radius 2 is 1.88 bits per heavy atom. The summed E-state index contributed by atoms with van der Waals surface area (Å²) in [6, 6.07) is 1.52. The zero-order chi connectivity index (χ0) is 25.1. The van der Waals surface area contributed by atoms with E-state index >= 15 is 0 Å². The molecule has 1 amide bonds. The van der Waals surface area contributed by atoms with Crippen molar-refractivity contribution >= 4 is 46.7 Å². The molecule has 0 aromatic carbocycles. The van der Waals surface area contributed by atoms with Crippen LogP contribution in [-0.4, -0.2) is 59.1 Å². The highest BCUT2D eigenvalue weighted by molar-refractivity contribution is 6.38. The molecular formula is C23H30Cl2N6O3. The Morgan fingerprint density at radius 3 is 2.47 bits per heavy atom. The molecule has 0 atom stereocenters. The third kappa shape index (κ3) is 6.27. The SMILES string of the molecule is CNc1nccc(C(=O)c2ncc(N3CCC(C)(CNC(=O)OC(C)(C)C)CC3)nc2Cl)c1Cl. The molecule has 11 heteroatoms. The second-order valence-electron chi connectivity index (χ2n) is 9.62. The first-order valence-electron chi connectivity index (χ1n) is 11.0. The molecule has 184 valence electrons. The first kappa shape index (κ1) is 26.0. The van der Waals surface area contributed by atoms with E-state index in [1.165, 1.54) is 12.3 Å². The maximum atomic E-state index is 13.0. The minimum absolute atomic E-state index is 0.0151. The smallest absolute Gasteiger partial charge is 0.407 e. The molecule has 0 radical (unpaired) electrons. The van der Waals surface area contributed by atoms with Crippen LogP contribution in [-0.2, 0) is 4.74 Å². The molecule has 9 nitrogen and oxygen atoms in total. The van der Waals surface area contributed by atoms with Crippen LogP contribution < -0.4 is 15.5 Å². The van der Waals surface area contributed by atoms with Crippen molar-refractivity contribution in [2.24, 2.45) is 5.41 Å². The Hall–Kier alpha value is -2.65. The van der Waals surface area contributed by atoms with Crippen molar-refractivity contribution < 1.29 is 14.3 Å². The number of aromatic nitrogens is 3. The average molecular weight is 509 g/mol. The summed E-state index contributed by atoms with van der Waals surface area (Å²) in [6.45, 7) is 9.60. The summed E-state index contributed by atoms with van der Waals surface area (Å²) >= 11 is 12.6. The van der Waals surface area contributed by atoms with E-state index in [-0.39, 0.29) is 26.8 Å². The lowest BCUT2D eigenvalue weighted by Gasteiger charge is -2.40. The van der Waals surface area contributed by atoms with Crippen molar-refractivity contribution in [3.63, 3.8) is 0 Å². The van der Waals surface area contributed by atoms with E-state index in [9.17, 15) is 9.59 Å². The number of hydrogen-bond donors (Lipinski definition) is 2. The second kappa shape index (κ2) is 10.3. The molecule has 0 aliphatic carbocycles. The molecule has 3 rings (SSSR count). The molecule has 0 bridgehead atoms. The van der Waals surface area contributed by atoms with Crippen molar-refractivity contribution in [3.8, 4) is 0 Å². The highest BCUT2D eigenvalue weighted by Crippen LogP contribution is 2.33. The first-order valence-corrected chi connectivity index (χ1v) is 11.8. The molecule has 1 aliphatic rings. The lowest BCUT2D eigenvalue weighted by Crippen LogP contribution is -2.46. The molecule has 1 aliphatic heterocycles. The Bertz CT molecular complexity index is 1070. The molecule has 0 unspecified atom stereocenters. The van der Waals surface area contributed by atoms with Gasteiger partial charge in [0.2, 0.25) is 5.78 Å². The predicted octanol–water partition coefficient (Wildman–Crippen LogP) is 4.58. The highest BCUT2D eigenvalue weighted by Gasteiger charge is 2.32. The van der Waals surface area contributed by atoms with Gasteiger partial charge >= 0.3 is 6.09 Å². The molecule has 1 fully saturated rings. The number of halogens is 2. The van der Waals surface area contributed by atoms with Gasteiger partial charge in [0.15, 0.2) is 5.15 Å². The highest BCUT2D eigenvalue weighted by atomic mass is 35.5. The number of alkyl carbamates (subject to hydrolysis) is 1. The number of pyridine rings is 1. The van der Waals surface area contributed by atoms with Gasteiger partial charge in [-0.15, -0.1) is 0 Å². The number of ketones is 1. The third-order valence-electron chi connectivity index (χ3n) is 5.66. The largest absolute Gasteiger partial charge is 0.444 e. The van der Waals surface area contributed by atoms with Gasteiger partial charge in [0.25, 0.3) is 0 Å². The number of amides is 1. The number of carbonyl (C=O) groups is 2. The number of hydrogen-bond acceptors (Lipinski definition) is 8. The van der Waals surface area contributed by atoms with E-state index in [0.717, 1.165) is 12.8 Å². The summed E-state index contributed by atoms with van der Waals surface area (Å²) in [7, 11) is 1.67. The molecule has 3 heterocycles. The molecule has 0 saturated carbocycles. The summed E-state index contributed by atoms with van der Waals surface area (Å²) in [5.41, 5.74) is -0.318. The predicted molar refractivity (Wildman–Crippen MR) is 133 cm³/mol. The zero-order valence-electron chi connectivity index (χ0n) is 20.0. The van der Waals surface area contributed by atoms with Gasteiger partial charge in [-0.05, 0) is 45.1 Å². The van der Waals surface area contributed by atoms with Crippen LogP contribution in [0, 0.1) is 5.41 Å². The lowest BCUT2D eigenvalue weighted by molar-refractivity contribution is 0.0495.